The summed E-state index contributed by atoms with van der Waals surface area (Å²) >= 11 is 1.49. The second kappa shape index (κ2) is 8.45. The first-order valence-electron chi connectivity index (χ1n) is 9.08. The van der Waals surface area contributed by atoms with Crippen molar-refractivity contribution in [3.8, 4) is 22.1 Å². The molecule has 6 nitrogen and oxygen atoms in total. The molecule has 2 fully saturated rings. The first-order valence-corrected chi connectivity index (χ1v) is 9.96. The first kappa shape index (κ1) is 21.2. The van der Waals surface area contributed by atoms with Crippen LogP contribution in [0.15, 0.2) is 23.6 Å². The number of likely N-dealkylation sites (tertiary alicyclic amines) is 1. The Morgan fingerprint density at radius 2 is 1.93 bits per heavy atom. The van der Waals surface area contributed by atoms with E-state index >= 15 is 0 Å². The second-order valence-electron chi connectivity index (χ2n) is 7.32. The fourth-order valence-electron chi connectivity index (χ4n) is 4.10. The molecule has 0 aliphatic carbocycles. The number of carbonyl (C=O) groups excluding carboxylic acids is 1. The van der Waals surface area contributed by atoms with Gasteiger partial charge < -0.3 is 19.7 Å². The lowest BCUT2D eigenvalue weighted by Crippen LogP contribution is -2.44. The van der Waals surface area contributed by atoms with Crippen LogP contribution in [0, 0.1) is 5.41 Å². The van der Waals surface area contributed by atoms with E-state index in [2.05, 4.69) is 10.3 Å². The van der Waals surface area contributed by atoms with E-state index in [1.165, 1.54) is 17.8 Å². The van der Waals surface area contributed by atoms with Crippen molar-refractivity contribution in [2.24, 2.45) is 5.41 Å². The number of halogens is 2. The summed E-state index contributed by atoms with van der Waals surface area (Å²) in [6.45, 7) is 4.13. The molecule has 152 valence electrons. The summed E-state index contributed by atoms with van der Waals surface area (Å²) in [5.41, 5.74) is 1.91. The molecule has 9 heteroatoms. The van der Waals surface area contributed by atoms with Crippen LogP contribution < -0.4 is 14.8 Å². The van der Waals surface area contributed by atoms with Crippen LogP contribution in [0.1, 0.15) is 29.8 Å². The van der Waals surface area contributed by atoms with Crippen molar-refractivity contribution in [3.05, 3.63) is 29.3 Å². The van der Waals surface area contributed by atoms with Gasteiger partial charge in [-0.3, -0.25) is 4.79 Å². The number of benzene rings is 1. The van der Waals surface area contributed by atoms with Gasteiger partial charge in [-0.15, -0.1) is 36.2 Å². The molecule has 4 heterocycles. The monoisotopic (exact) mass is 443 g/mol. The number of rotatable bonds is 2. The summed E-state index contributed by atoms with van der Waals surface area (Å²) in [5.74, 6) is 1.54. The Morgan fingerprint density at radius 1 is 1.14 bits per heavy atom. The van der Waals surface area contributed by atoms with Gasteiger partial charge in [-0.05, 0) is 49.4 Å². The third-order valence-electron chi connectivity index (χ3n) is 5.79. The van der Waals surface area contributed by atoms with Crippen LogP contribution in [-0.2, 0) is 0 Å². The maximum absolute atomic E-state index is 12.8. The molecule has 1 spiro atoms. The molecular weight excluding hydrogens is 421 g/mol. The van der Waals surface area contributed by atoms with E-state index in [0.717, 1.165) is 61.1 Å². The van der Waals surface area contributed by atoms with Crippen LogP contribution in [0.3, 0.4) is 0 Å². The fourth-order valence-corrected chi connectivity index (χ4v) is 4.89. The van der Waals surface area contributed by atoms with E-state index in [0.29, 0.717) is 11.1 Å². The summed E-state index contributed by atoms with van der Waals surface area (Å²) in [4.78, 5) is 19.4. The molecule has 1 aromatic heterocycles. The third kappa shape index (κ3) is 3.81. The molecule has 1 aromatic carbocycles. The number of hydrogen-bond donors (Lipinski definition) is 1. The Labute approximate surface area is 180 Å². The number of amides is 1. The predicted molar refractivity (Wildman–Crippen MR) is 113 cm³/mol. The van der Waals surface area contributed by atoms with Gasteiger partial charge >= 0.3 is 0 Å². The zero-order valence-corrected chi connectivity index (χ0v) is 17.8. The predicted octanol–water partition coefficient (Wildman–Crippen LogP) is 3.60. The van der Waals surface area contributed by atoms with Crippen molar-refractivity contribution in [1.82, 2.24) is 15.2 Å². The fraction of sp³-hybridized carbons (Fsp3) is 0.474. The van der Waals surface area contributed by atoms with E-state index in [4.69, 9.17) is 9.47 Å². The van der Waals surface area contributed by atoms with Gasteiger partial charge in [0.05, 0.1) is 0 Å². The van der Waals surface area contributed by atoms with Crippen molar-refractivity contribution >= 4 is 42.1 Å². The molecule has 3 aliphatic heterocycles. The summed E-state index contributed by atoms with van der Waals surface area (Å²) in [6.07, 6.45) is 3.41. The topological polar surface area (TPSA) is 63.7 Å². The van der Waals surface area contributed by atoms with Crippen LogP contribution in [-0.4, -0.2) is 48.8 Å². The second-order valence-corrected chi connectivity index (χ2v) is 8.18. The molecule has 0 saturated carbocycles. The lowest BCUT2D eigenvalue weighted by Gasteiger charge is -2.38. The Balaban J connectivity index is 0.00000112. The van der Waals surface area contributed by atoms with Gasteiger partial charge in [-0.25, -0.2) is 4.98 Å². The van der Waals surface area contributed by atoms with Crippen LogP contribution in [0.25, 0.3) is 10.6 Å². The minimum absolute atomic E-state index is 0. The number of hydrogen-bond acceptors (Lipinski definition) is 6. The molecule has 2 aromatic rings. The lowest BCUT2D eigenvalue weighted by atomic mass is 9.78. The zero-order chi connectivity index (χ0) is 17.6. The number of aromatic nitrogens is 1. The summed E-state index contributed by atoms with van der Waals surface area (Å²) in [6, 6.07) is 5.77. The van der Waals surface area contributed by atoms with Gasteiger partial charge in [0.2, 0.25) is 6.79 Å². The van der Waals surface area contributed by atoms with Gasteiger partial charge in [0.1, 0.15) is 10.7 Å². The number of nitrogens with zero attached hydrogens (tertiary/aromatic N) is 2. The Hall–Kier alpha value is -1.54. The molecule has 0 bridgehead atoms. The van der Waals surface area contributed by atoms with Crippen molar-refractivity contribution in [2.75, 3.05) is 33.0 Å². The largest absolute Gasteiger partial charge is 0.454 e. The summed E-state index contributed by atoms with van der Waals surface area (Å²) in [7, 11) is 0. The Bertz CT molecular complexity index is 845. The molecule has 1 N–H and O–H groups in total. The third-order valence-corrected chi connectivity index (χ3v) is 6.68. The van der Waals surface area contributed by atoms with Gasteiger partial charge in [-0.2, -0.15) is 0 Å². The number of piperidine rings is 1. The number of ether oxygens (including phenoxy) is 2. The van der Waals surface area contributed by atoms with Gasteiger partial charge in [0.25, 0.3) is 5.91 Å². The first-order chi connectivity index (χ1) is 12.7. The van der Waals surface area contributed by atoms with Crippen LogP contribution in [0.5, 0.6) is 11.5 Å². The Morgan fingerprint density at radius 3 is 2.68 bits per heavy atom. The average molecular weight is 444 g/mol. The SMILES string of the molecule is Cl.Cl.O=C(c1csc(-c2ccc3c(c2)OCO3)n1)N1CCC2(CCNC2)CC1. The summed E-state index contributed by atoms with van der Waals surface area (Å²) in [5, 5.41) is 6.16. The van der Waals surface area contributed by atoms with Crippen LogP contribution >= 0.6 is 36.2 Å². The minimum atomic E-state index is 0. The van der Waals surface area contributed by atoms with Gasteiger partial charge in [-0.1, -0.05) is 0 Å². The zero-order valence-electron chi connectivity index (χ0n) is 15.3. The van der Waals surface area contributed by atoms with Crippen molar-refractivity contribution in [2.45, 2.75) is 19.3 Å². The number of nitrogens with one attached hydrogen (secondary N) is 1. The highest BCUT2D eigenvalue weighted by Gasteiger charge is 2.38. The van der Waals surface area contributed by atoms with Gasteiger partial charge in [0, 0.05) is 30.6 Å². The van der Waals surface area contributed by atoms with E-state index in [-0.39, 0.29) is 37.5 Å². The molecule has 0 atom stereocenters. The minimum Gasteiger partial charge on any atom is -0.454 e. The highest BCUT2D eigenvalue weighted by atomic mass is 35.5. The molecular formula is C19H23Cl2N3O3S. The van der Waals surface area contributed by atoms with E-state index < -0.39 is 0 Å². The molecule has 2 saturated heterocycles. The maximum Gasteiger partial charge on any atom is 0.273 e. The van der Waals surface area contributed by atoms with Crippen LogP contribution in [0.2, 0.25) is 0 Å². The average Bonchev–Trinajstić information content (AvgIpc) is 3.42. The molecule has 1 amide bonds. The molecule has 3 aliphatic rings. The normalized spacial score (nSPS) is 19.2. The molecule has 5 rings (SSSR count). The highest BCUT2D eigenvalue weighted by molar-refractivity contribution is 7.13. The quantitative estimate of drug-likeness (QED) is 0.767. The van der Waals surface area contributed by atoms with Crippen molar-refractivity contribution in [3.63, 3.8) is 0 Å². The molecule has 0 radical (unpaired) electrons. The highest BCUT2D eigenvalue weighted by Crippen LogP contribution is 2.38. The molecule has 0 unspecified atom stereocenters. The van der Waals surface area contributed by atoms with E-state index in [9.17, 15) is 4.79 Å². The number of thiazole rings is 1. The van der Waals surface area contributed by atoms with Crippen LogP contribution in [0.4, 0.5) is 0 Å². The number of carbonyl (C=O) groups is 1. The van der Waals surface area contributed by atoms with E-state index in [1.54, 1.807) is 0 Å². The maximum atomic E-state index is 12.8. The van der Waals surface area contributed by atoms with Crippen molar-refractivity contribution in [1.29, 1.82) is 0 Å². The molecule has 28 heavy (non-hydrogen) atoms. The number of fused-ring (bicyclic) bond motifs is 1. The van der Waals surface area contributed by atoms with Gasteiger partial charge in [0.15, 0.2) is 11.5 Å². The standard InChI is InChI=1S/C19H21N3O3S.2ClH/c23-18(22-7-4-19(5-8-22)3-6-20-11-19)14-10-26-17(21-14)13-1-2-15-16(9-13)25-12-24-15;;/h1-2,9-10,20H,3-8,11-12H2;2*1H. The van der Waals surface area contributed by atoms with Crippen molar-refractivity contribution < 1.29 is 14.3 Å². The lowest BCUT2D eigenvalue weighted by molar-refractivity contribution is 0.0603. The van der Waals surface area contributed by atoms with E-state index in [1.807, 2.05) is 28.5 Å². The smallest absolute Gasteiger partial charge is 0.273 e. The summed E-state index contributed by atoms with van der Waals surface area (Å²) < 4.78 is 10.8. The Kier molecular flexibility index (Phi) is 6.39.